The summed E-state index contributed by atoms with van der Waals surface area (Å²) in [6, 6.07) is 6.35. The minimum Gasteiger partial charge on any atom is -0.367 e. The second-order valence-electron chi connectivity index (χ2n) is 8.08. The van der Waals surface area contributed by atoms with E-state index in [1.165, 1.54) is 25.0 Å². The van der Waals surface area contributed by atoms with Gasteiger partial charge < -0.3 is 4.74 Å². The molecule has 0 radical (unpaired) electrons. The number of alkyl halides is 1. The maximum Gasteiger partial charge on any atom is 0.152 e. The summed E-state index contributed by atoms with van der Waals surface area (Å²) in [5, 5.41) is 0. The van der Waals surface area contributed by atoms with Gasteiger partial charge in [-0.1, -0.05) is 57.7 Å². The molecule has 0 heterocycles. The fourth-order valence-corrected chi connectivity index (χ4v) is 4.71. The van der Waals surface area contributed by atoms with Gasteiger partial charge in [0.05, 0.1) is 0 Å². The van der Waals surface area contributed by atoms with Crippen molar-refractivity contribution in [3.05, 3.63) is 53.9 Å². The van der Waals surface area contributed by atoms with E-state index in [1.54, 1.807) is 12.1 Å². The summed E-state index contributed by atoms with van der Waals surface area (Å²) in [6.45, 7) is 4.85. The van der Waals surface area contributed by atoms with Crippen LogP contribution in [-0.4, -0.2) is 18.4 Å². The molecule has 1 nitrogen and oxygen atoms in total. The quantitative estimate of drug-likeness (QED) is 0.505. The average Bonchev–Trinajstić information content (AvgIpc) is 2.68. The lowest BCUT2D eigenvalue weighted by Gasteiger charge is -2.44. The molecule has 1 aromatic rings. The van der Waals surface area contributed by atoms with Gasteiger partial charge in [0.1, 0.15) is 11.4 Å². The summed E-state index contributed by atoms with van der Waals surface area (Å²) >= 11 is 0. The second-order valence-corrected chi connectivity index (χ2v) is 8.08. The summed E-state index contributed by atoms with van der Waals surface area (Å²) in [6.07, 6.45) is 12.0. The van der Waals surface area contributed by atoms with Crippen LogP contribution in [0.2, 0.25) is 0 Å². The van der Waals surface area contributed by atoms with Crippen molar-refractivity contribution in [3.8, 4) is 0 Å². The maximum absolute atomic E-state index is 15.5. The molecule has 2 atom stereocenters. The molecule has 2 aliphatic rings. The fourth-order valence-electron chi connectivity index (χ4n) is 4.71. The second kappa shape index (κ2) is 9.14. The van der Waals surface area contributed by atoms with Crippen molar-refractivity contribution in [2.75, 3.05) is 6.61 Å². The van der Waals surface area contributed by atoms with E-state index >= 15 is 4.39 Å². The van der Waals surface area contributed by atoms with E-state index in [4.69, 9.17) is 4.74 Å². The first-order chi connectivity index (χ1) is 13.1. The molecular formula is C24H32F2O. The highest BCUT2D eigenvalue weighted by Gasteiger charge is 2.46. The maximum atomic E-state index is 15.5. The first kappa shape index (κ1) is 20.3. The number of rotatable bonds is 7. The lowest BCUT2D eigenvalue weighted by Crippen LogP contribution is -2.49. The molecule has 0 amide bonds. The average molecular weight is 375 g/mol. The molecule has 1 aromatic carbocycles. The first-order valence-electron chi connectivity index (χ1n) is 10.5. The molecule has 0 spiro atoms. The molecule has 1 fully saturated rings. The van der Waals surface area contributed by atoms with Crippen molar-refractivity contribution in [2.45, 2.75) is 70.6 Å². The van der Waals surface area contributed by atoms with Crippen LogP contribution in [-0.2, 0) is 4.74 Å². The van der Waals surface area contributed by atoms with Gasteiger partial charge in [-0.15, -0.1) is 0 Å². The highest BCUT2D eigenvalue weighted by atomic mass is 19.1. The van der Waals surface area contributed by atoms with Crippen LogP contribution in [0.25, 0.3) is 5.57 Å². The van der Waals surface area contributed by atoms with Crippen LogP contribution in [0, 0.1) is 17.7 Å². The van der Waals surface area contributed by atoms with Crippen molar-refractivity contribution >= 4 is 5.57 Å². The summed E-state index contributed by atoms with van der Waals surface area (Å²) < 4.78 is 35.3. The normalized spacial score (nSPS) is 31.0. The molecule has 3 rings (SSSR count). The molecule has 2 aliphatic carbocycles. The molecular weight excluding hydrogens is 342 g/mol. The molecule has 2 unspecified atom stereocenters. The molecule has 0 aromatic heterocycles. The van der Waals surface area contributed by atoms with Crippen molar-refractivity contribution < 1.29 is 13.5 Å². The van der Waals surface area contributed by atoms with Crippen LogP contribution >= 0.6 is 0 Å². The molecule has 1 saturated carbocycles. The van der Waals surface area contributed by atoms with E-state index in [2.05, 4.69) is 13.8 Å². The predicted molar refractivity (Wildman–Crippen MR) is 108 cm³/mol. The standard InChI is InChI=1S/C24H32F2O/c1-3-6-18-9-11-21(12-10-18)24(27-15-4-2)14-13-20(17-23(24)26)19-7-5-8-22(25)16-19/h5,7-8,13-14,16-18,21,23H,3-4,6,9-12,15H2,1-2H3/t18-,21-,23?,24?. The van der Waals surface area contributed by atoms with Gasteiger partial charge in [0.25, 0.3) is 0 Å². The Balaban J connectivity index is 1.80. The molecule has 3 heteroatoms. The Morgan fingerprint density at radius 3 is 2.52 bits per heavy atom. The van der Waals surface area contributed by atoms with Crippen LogP contribution in [0.15, 0.2) is 42.5 Å². The summed E-state index contributed by atoms with van der Waals surface area (Å²) in [7, 11) is 0. The van der Waals surface area contributed by atoms with Crippen molar-refractivity contribution in [1.82, 2.24) is 0 Å². The van der Waals surface area contributed by atoms with E-state index in [-0.39, 0.29) is 11.7 Å². The van der Waals surface area contributed by atoms with E-state index in [0.29, 0.717) is 12.2 Å². The minimum absolute atomic E-state index is 0.203. The third-order valence-corrected chi connectivity index (χ3v) is 6.18. The van der Waals surface area contributed by atoms with Gasteiger partial charge >= 0.3 is 0 Å². The van der Waals surface area contributed by atoms with E-state index < -0.39 is 11.8 Å². The zero-order valence-corrected chi connectivity index (χ0v) is 16.6. The Morgan fingerprint density at radius 2 is 1.89 bits per heavy atom. The van der Waals surface area contributed by atoms with Crippen molar-refractivity contribution in [3.63, 3.8) is 0 Å². The highest BCUT2D eigenvalue weighted by molar-refractivity contribution is 5.76. The summed E-state index contributed by atoms with van der Waals surface area (Å²) in [5.41, 5.74) is 0.575. The number of ether oxygens (including phenoxy) is 1. The van der Waals surface area contributed by atoms with Gasteiger partial charge in [0.2, 0.25) is 0 Å². The first-order valence-corrected chi connectivity index (χ1v) is 10.5. The Kier molecular flexibility index (Phi) is 6.86. The largest absolute Gasteiger partial charge is 0.367 e. The molecule has 0 N–H and O–H groups in total. The number of allylic oxidation sites excluding steroid dienone is 2. The van der Waals surface area contributed by atoms with E-state index in [0.717, 1.165) is 43.6 Å². The topological polar surface area (TPSA) is 9.23 Å². The van der Waals surface area contributed by atoms with Crippen molar-refractivity contribution in [1.29, 1.82) is 0 Å². The number of benzene rings is 1. The van der Waals surface area contributed by atoms with Gasteiger partial charge in [-0.25, -0.2) is 8.78 Å². The van der Waals surface area contributed by atoms with Crippen LogP contribution in [0.5, 0.6) is 0 Å². The molecule has 0 saturated heterocycles. The van der Waals surface area contributed by atoms with Gasteiger partial charge in [-0.05, 0) is 66.5 Å². The lowest BCUT2D eigenvalue weighted by atomic mass is 9.69. The number of hydrogen-bond donors (Lipinski definition) is 0. The lowest BCUT2D eigenvalue weighted by molar-refractivity contribution is -0.0986. The summed E-state index contributed by atoms with van der Waals surface area (Å²) in [5.74, 6) is 0.678. The van der Waals surface area contributed by atoms with Gasteiger partial charge in [0.15, 0.2) is 6.17 Å². The molecule has 27 heavy (non-hydrogen) atoms. The SMILES string of the molecule is CCCOC1([C@H]2CC[C@H](CCC)CC2)C=CC(c2cccc(F)c2)=CC1F. The number of hydrogen-bond acceptors (Lipinski definition) is 1. The third-order valence-electron chi connectivity index (χ3n) is 6.18. The molecule has 0 aliphatic heterocycles. The Morgan fingerprint density at radius 1 is 1.11 bits per heavy atom. The third kappa shape index (κ3) is 4.51. The monoisotopic (exact) mass is 374 g/mol. The van der Waals surface area contributed by atoms with E-state index in [9.17, 15) is 4.39 Å². The van der Waals surface area contributed by atoms with Gasteiger partial charge in [-0.2, -0.15) is 0 Å². The zero-order chi connectivity index (χ0) is 19.3. The van der Waals surface area contributed by atoms with Crippen LogP contribution in [0.1, 0.15) is 64.4 Å². The van der Waals surface area contributed by atoms with E-state index in [1.807, 2.05) is 18.2 Å². The molecule has 0 bridgehead atoms. The Labute approximate surface area is 162 Å². The minimum atomic E-state index is -1.21. The van der Waals surface area contributed by atoms with Crippen LogP contribution in [0.3, 0.4) is 0 Å². The van der Waals surface area contributed by atoms with Gasteiger partial charge in [-0.3, -0.25) is 0 Å². The predicted octanol–water partition coefficient (Wildman–Crippen LogP) is 6.89. The molecule has 148 valence electrons. The zero-order valence-electron chi connectivity index (χ0n) is 16.6. The smallest absolute Gasteiger partial charge is 0.152 e. The summed E-state index contributed by atoms with van der Waals surface area (Å²) in [4.78, 5) is 0. The van der Waals surface area contributed by atoms with Gasteiger partial charge in [0, 0.05) is 6.61 Å². The number of halogens is 2. The fraction of sp³-hybridized carbons (Fsp3) is 0.583. The van der Waals surface area contributed by atoms with Crippen molar-refractivity contribution in [2.24, 2.45) is 11.8 Å². The Bertz CT molecular complexity index is 673. The Hall–Kier alpha value is -1.48. The highest BCUT2D eigenvalue weighted by Crippen LogP contribution is 2.45. The van der Waals surface area contributed by atoms with Crippen LogP contribution < -0.4 is 0 Å². The van der Waals surface area contributed by atoms with Crippen LogP contribution in [0.4, 0.5) is 8.78 Å².